The van der Waals surface area contributed by atoms with Crippen LogP contribution < -0.4 is 5.32 Å². The zero-order chi connectivity index (χ0) is 28.7. The number of hydrogen-bond acceptors (Lipinski definition) is 5. The van der Waals surface area contributed by atoms with Crippen LogP contribution >= 0.6 is 11.3 Å². The van der Waals surface area contributed by atoms with Crippen molar-refractivity contribution in [3.8, 4) is 16.5 Å². The van der Waals surface area contributed by atoms with Crippen LogP contribution in [0.3, 0.4) is 0 Å². The summed E-state index contributed by atoms with van der Waals surface area (Å²) in [7, 11) is 0. The van der Waals surface area contributed by atoms with E-state index in [1.807, 2.05) is 0 Å². The average molecular weight is 573 g/mol. The van der Waals surface area contributed by atoms with E-state index in [0.717, 1.165) is 41.9 Å². The SMILES string of the molecule is N#Cc1c(CCc2ccc(F)cc2)nc2c(c1-c1ccc(C(=O)NCc3ccc(F)c(F)c3)s1)C(=O)N1CCC[C@@H]21. The smallest absolute Gasteiger partial charge is 0.261 e. The molecule has 41 heavy (non-hydrogen) atoms. The molecule has 4 heterocycles. The second-order valence-corrected chi connectivity index (χ2v) is 11.1. The van der Waals surface area contributed by atoms with Crippen molar-refractivity contribution >= 4 is 23.2 Å². The van der Waals surface area contributed by atoms with Crippen molar-refractivity contribution in [2.45, 2.75) is 38.3 Å². The van der Waals surface area contributed by atoms with E-state index in [9.17, 15) is 28.0 Å². The van der Waals surface area contributed by atoms with E-state index >= 15 is 0 Å². The van der Waals surface area contributed by atoms with Crippen LogP contribution in [-0.4, -0.2) is 28.2 Å². The number of nitrogens with one attached hydrogen (secondary N) is 1. The number of carbonyl (C=O) groups excluding carboxylic acids is 2. The lowest BCUT2D eigenvalue weighted by Crippen LogP contribution is -2.23. The summed E-state index contributed by atoms with van der Waals surface area (Å²) < 4.78 is 40.2. The quantitative estimate of drug-likeness (QED) is 0.290. The number of aryl methyl sites for hydroxylation is 2. The first-order chi connectivity index (χ1) is 19.8. The average Bonchev–Trinajstić information content (AvgIpc) is 3.71. The number of nitriles is 1. The largest absolute Gasteiger partial charge is 0.347 e. The van der Waals surface area contributed by atoms with E-state index in [1.54, 1.807) is 29.2 Å². The van der Waals surface area contributed by atoms with E-state index in [1.165, 1.54) is 18.2 Å². The van der Waals surface area contributed by atoms with Crippen LogP contribution in [0, 0.1) is 28.8 Å². The first kappa shape index (κ1) is 26.7. The number of pyridine rings is 1. The molecule has 4 aromatic rings. The van der Waals surface area contributed by atoms with E-state index in [4.69, 9.17) is 4.98 Å². The van der Waals surface area contributed by atoms with Gasteiger partial charge in [0.05, 0.1) is 33.4 Å². The van der Waals surface area contributed by atoms with Gasteiger partial charge >= 0.3 is 0 Å². The third kappa shape index (κ3) is 4.98. The molecule has 0 radical (unpaired) electrons. The maximum Gasteiger partial charge on any atom is 0.261 e. The molecule has 2 aromatic heterocycles. The number of fused-ring (bicyclic) bond motifs is 3. The Morgan fingerprint density at radius 3 is 2.56 bits per heavy atom. The topological polar surface area (TPSA) is 86.1 Å². The summed E-state index contributed by atoms with van der Waals surface area (Å²) >= 11 is 1.15. The lowest BCUT2D eigenvalue weighted by Gasteiger charge is -2.14. The van der Waals surface area contributed by atoms with Crippen LogP contribution in [0.2, 0.25) is 0 Å². The van der Waals surface area contributed by atoms with Gasteiger partial charge < -0.3 is 10.2 Å². The van der Waals surface area contributed by atoms with Crippen molar-refractivity contribution in [2.75, 3.05) is 6.54 Å². The molecule has 206 valence electrons. The molecule has 6 nitrogen and oxygen atoms in total. The Bertz CT molecular complexity index is 1730. The molecule has 10 heteroatoms. The molecule has 2 aromatic carbocycles. The maximum absolute atomic E-state index is 13.6. The van der Waals surface area contributed by atoms with Crippen molar-refractivity contribution in [3.05, 3.63) is 111 Å². The summed E-state index contributed by atoms with van der Waals surface area (Å²) in [5, 5.41) is 13.0. The summed E-state index contributed by atoms with van der Waals surface area (Å²) in [6, 6.07) is 15.1. The van der Waals surface area contributed by atoms with Gasteiger partial charge in [0.15, 0.2) is 11.6 Å². The zero-order valence-corrected chi connectivity index (χ0v) is 22.5. The van der Waals surface area contributed by atoms with E-state index in [-0.39, 0.29) is 29.9 Å². The summed E-state index contributed by atoms with van der Waals surface area (Å²) in [5.74, 6) is -2.87. The Morgan fingerprint density at radius 1 is 1.02 bits per heavy atom. The van der Waals surface area contributed by atoms with Crippen LogP contribution in [0.25, 0.3) is 10.4 Å². The molecule has 0 bridgehead atoms. The molecule has 6 rings (SSSR count). The number of nitrogens with zero attached hydrogens (tertiary/aromatic N) is 3. The Morgan fingerprint density at radius 2 is 1.80 bits per heavy atom. The Kier molecular flexibility index (Phi) is 7.05. The van der Waals surface area contributed by atoms with Gasteiger partial charge in [-0.25, -0.2) is 13.2 Å². The monoisotopic (exact) mass is 572 g/mol. The van der Waals surface area contributed by atoms with E-state index < -0.39 is 17.5 Å². The highest BCUT2D eigenvalue weighted by atomic mass is 32.1. The zero-order valence-electron chi connectivity index (χ0n) is 21.7. The van der Waals surface area contributed by atoms with E-state index in [2.05, 4.69) is 11.4 Å². The van der Waals surface area contributed by atoms with Crippen LogP contribution in [0.15, 0.2) is 54.6 Å². The molecule has 1 fully saturated rings. The number of amides is 2. The molecule has 1 N–H and O–H groups in total. The van der Waals surface area contributed by atoms with Gasteiger partial charge in [-0.2, -0.15) is 5.26 Å². The Labute approximate surface area is 238 Å². The highest BCUT2D eigenvalue weighted by Crippen LogP contribution is 2.46. The number of rotatable bonds is 7. The second kappa shape index (κ2) is 10.8. The van der Waals surface area contributed by atoms with Crippen LogP contribution in [0.1, 0.15) is 67.0 Å². The van der Waals surface area contributed by atoms with Gasteiger partial charge in [-0.1, -0.05) is 18.2 Å². The van der Waals surface area contributed by atoms with Crippen LogP contribution in [-0.2, 0) is 19.4 Å². The molecule has 0 unspecified atom stereocenters. The fourth-order valence-corrected chi connectivity index (χ4v) is 6.50. The lowest BCUT2D eigenvalue weighted by molar-refractivity contribution is 0.0776. The van der Waals surface area contributed by atoms with Gasteiger partial charge in [-0.3, -0.25) is 14.6 Å². The third-order valence-electron chi connectivity index (χ3n) is 7.53. The predicted molar refractivity (Wildman–Crippen MR) is 147 cm³/mol. The molecule has 1 atom stereocenters. The molecule has 2 aliphatic rings. The lowest BCUT2D eigenvalue weighted by atomic mass is 9.94. The van der Waals surface area contributed by atoms with Crippen molar-refractivity contribution in [2.24, 2.45) is 0 Å². The Hall–Kier alpha value is -4.49. The number of halogens is 3. The first-order valence-corrected chi connectivity index (χ1v) is 14.0. The molecule has 2 aliphatic heterocycles. The van der Waals surface area contributed by atoms with E-state index in [0.29, 0.717) is 57.2 Å². The molecule has 0 spiro atoms. The normalized spacial score (nSPS) is 15.5. The molecule has 1 saturated heterocycles. The fourth-order valence-electron chi connectivity index (χ4n) is 5.52. The molecule has 2 amide bonds. The van der Waals surface area contributed by atoms with Crippen molar-refractivity contribution < 1.29 is 22.8 Å². The minimum absolute atomic E-state index is 0.0000268. The number of aromatic nitrogens is 1. The van der Waals surface area contributed by atoms with Crippen LogP contribution in [0.5, 0.6) is 0 Å². The van der Waals surface area contributed by atoms with Crippen molar-refractivity contribution in [1.82, 2.24) is 15.2 Å². The summed E-state index contributed by atoms with van der Waals surface area (Å²) in [6.07, 6.45) is 2.61. The predicted octanol–water partition coefficient (Wildman–Crippen LogP) is 6.10. The summed E-state index contributed by atoms with van der Waals surface area (Å²) in [6.45, 7) is 0.619. The number of benzene rings is 2. The summed E-state index contributed by atoms with van der Waals surface area (Å²) in [5.41, 5.74) is 3.70. The highest BCUT2D eigenvalue weighted by Gasteiger charge is 2.44. The minimum atomic E-state index is -0.994. The maximum atomic E-state index is 13.6. The van der Waals surface area contributed by atoms with Gasteiger partial charge in [0.1, 0.15) is 11.9 Å². The number of thiophene rings is 1. The molecule has 0 aliphatic carbocycles. The first-order valence-electron chi connectivity index (χ1n) is 13.2. The van der Waals surface area contributed by atoms with Gasteiger partial charge in [0, 0.05) is 23.5 Å². The minimum Gasteiger partial charge on any atom is -0.347 e. The fraction of sp³-hybridized carbons (Fsp3) is 0.226. The third-order valence-corrected chi connectivity index (χ3v) is 8.63. The standard InChI is InChI=1S/C31H23F3N4O2S/c32-19-7-3-17(4-8-19)6-10-23-20(15-35)27(28-29(37-23)24-2-1-13-38(24)31(28)40)25-11-12-26(41-25)30(39)36-16-18-5-9-21(33)22(34)14-18/h3-5,7-9,11-12,14,24H,1-2,6,10,13,16H2,(H,36,39)/t24-/m0/s1. The highest BCUT2D eigenvalue weighted by molar-refractivity contribution is 7.17. The number of carbonyl (C=O) groups is 2. The van der Waals surface area contributed by atoms with Gasteiger partial charge in [0.2, 0.25) is 0 Å². The van der Waals surface area contributed by atoms with Gasteiger partial charge in [-0.15, -0.1) is 11.3 Å². The molecular weight excluding hydrogens is 549 g/mol. The summed E-state index contributed by atoms with van der Waals surface area (Å²) in [4.78, 5) is 34.1. The number of hydrogen-bond donors (Lipinski definition) is 1. The Balaban J connectivity index is 1.34. The van der Waals surface area contributed by atoms with Gasteiger partial charge in [0.25, 0.3) is 11.8 Å². The van der Waals surface area contributed by atoms with Gasteiger partial charge in [-0.05, 0) is 73.2 Å². The second-order valence-electron chi connectivity index (χ2n) is 10.1. The van der Waals surface area contributed by atoms with Crippen molar-refractivity contribution in [3.63, 3.8) is 0 Å². The van der Waals surface area contributed by atoms with Crippen LogP contribution in [0.4, 0.5) is 13.2 Å². The molecule has 0 saturated carbocycles. The molecular formula is C31H23F3N4O2S. The van der Waals surface area contributed by atoms with Crippen molar-refractivity contribution in [1.29, 1.82) is 5.26 Å².